The van der Waals surface area contributed by atoms with Gasteiger partial charge in [0.2, 0.25) is 0 Å². The number of nitrogens with one attached hydrogen (secondary N) is 2. The van der Waals surface area contributed by atoms with Gasteiger partial charge in [0.15, 0.2) is 0 Å². The van der Waals surface area contributed by atoms with Crippen molar-refractivity contribution in [2.24, 2.45) is 0 Å². The van der Waals surface area contributed by atoms with Crippen LogP contribution in [0.25, 0.3) is 0 Å². The topological polar surface area (TPSA) is 24.1 Å². The molecule has 0 unspecified atom stereocenters. The normalized spacial score (nSPS) is 21.4. The van der Waals surface area contributed by atoms with Gasteiger partial charge in [0.05, 0.1) is 0 Å². The smallest absolute Gasteiger partial charge is 0.0208 e. The van der Waals surface area contributed by atoms with Gasteiger partial charge in [-0.2, -0.15) is 0 Å². The second-order valence-electron chi connectivity index (χ2n) is 4.06. The Labute approximate surface area is 85.7 Å². The molecule has 2 N–H and O–H groups in total. The van der Waals surface area contributed by atoms with Crippen molar-refractivity contribution in [1.82, 2.24) is 10.6 Å². The highest BCUT2D eigenvalue weighted by Gasteiger charge is 2.12. The number of aryl methyl sites for hydroxylation is 1. The fourth-order valence-corrected chi connectivity index (χ4v) is 1.80. The average Bonchev–Trinajstić information content (AvgIpc) is 2.70. The summed E-state index contributed by atoms with van der Waals surface area (Å²) in [7, 11) is 0. The van der Waals surface area contributed by atoms with Crippen molar-refractivity contribution in [2.75, 3.05) is 13.1 Å². The fraction of sp³-hybridized carbons (Fsp3) is 0.500. The molecule has 1 atom stereocenters. The molecule has 2 nitrogen and oxygen atoms in total. The number of rotatable bonds is 3. The van der Waals surface area contributed by atoms with Crippen molar-refractivity contribution in [3.05, 3.63) is 35.4 Å². The summed E-state index contributed by atoms with van der Waals surface area (Å²) in [6.45, 7) is 5.39. The van der Waals surface area contributed by atoms with Crippen LogP contribution in [0.1, 0.15) is 17.5 Å². The molecule has 1 fully saturated rings. The van der Waals surface area contributed by atoms with Crippen LogP contribution in [0.5, 0.6) is 0 Å². The Morgan fingerprint density at radius 2 is 2.14 bits per heavy atom. The molecule has 0 aliphatic carbocycles. The van der Waals surface area contributed by atoms with E-state index in [2.05, 4.69) is 41.8 Å². The molecule has 0 aromatic heterocycles. The van der Waals surface area contributed by atoms with Crippen molar-refractivity contribution < 1.29 is 0 Å². The van der Waals surface area contributed by atoms with Crippen molar-refractivity contribution in [3.8, 4) is 0 Å². The first-order valence-corrected chi connectivity index (χ1v) is 5.34. The van der Waals surface area contributed by atoms with Crippen LogP contribution in [-0.4, -0.2) is 19.1 Å². The van der Waals surface area contributed by atoms with E-state index in [1.54, 1.807) is 0 Å². The van der Waals surface area contributed by atoms with Gasteiger partial charge in [0, 0.05) is 19.1 Å². The fourth-order valence-electron chi connectivity index (χ4n) is 1.80. The van der Waals surface area contributed by atoms with Crippen molar-refractivity contribution >= 4 is 0 Å². The lowest BCUT2D eigenvalue weighted by Gasteiger charge is -2.10. The van der Waals surface area contributed by atoms with Gasteiger partial charge in [-0.15, -0.1) is 0 Å². The first-order valence-electron chi connectivity index (χ1n) is 5.34. The maximum Gasteiger partial charge on any atom is 0.0208 e. The van der Waals surface area contributed by atoms with Gasteiger partial charge in [-0.1, -0.05) is 29.8 Å². The minimum Gasteiger partial charge on any atom is -0.315 e. The van der Waals surface area contributed by atoms with Crippen LogP contribution < -0.4 is 10.6 Å². The first kappa shape index (κ1) is 9.69. The monoisotopic (exact) mass is 190 g/mol. The summed E-state index contributed by atoms with van der Waals surface area (Å²) < 4.78 is 0. The van der Waals surface area contributed by atoms with E-state index in [0.29, 0.717) is 6.04 Å². The van der Waals surface area contributed by atoms with Gasteiger partial charge in [-0.05, 0) is 25.5 Å². The van der Waals surface area contributed by atoms with E-state index < -0.39 is 0 Å². The third-order valence-corrected chi connectivity index (χ3v) is 2.78. The molecule has 1 aromatic carbocycles. The predicted molar refractivity (Wildman–Crippen MR) is 59.3 cm³/mol. The zero-order chi connectivity index (χ0) is 9.80. The van der Waals surface area contributed by atoms with Crippen molar-refractivity contribution in [3.63, 3.8) is 0 Å². The van der Waals surface area contributed by atoms with E-state index in [0.717, 1.165) is 19.6 Å². The SMILES string of the molecule is Cc1ccc(CN[C@@H]2CCNC2)cc1. The molecule has 0 radical (unpaired) electrons. The molecule has 76 valence electrons. The zero-order valence-electron chi connectivity index (χ0n) is 8.72. The summed E-state index contributed by atoms with van der Waals surface area (Å²) in [5.74, 6) is 0. The predicted octanol–water partition coefficient (Wildman–Crippen LogP) is 1.45. The lowest BCUT2D eigenvalue weighted by molar-refractivity contribution is 0.547. The Morgan fingerprint density at radius 1 is 1.36 bits per heavy atom. The highest BCUT2D eigenvalue weighted by atomic mass is 15.0. The summed E-state index contributed by atoms with van der Waals surface area (Å²) in [6, 6.07) is 9.40. The summed E-state index contributed by atoms with van der Waals surface area (Å²) in [5, 5.41) is 6.91. The number of hydrogen-bond donors (Lipinski definition) is 2. The third kappa shape index (κ3) is 2.56. The van der Waals surface area contributed by atoms with Gasteiger partial charge in [-0.25, -0.2) is 0 Å². The van der Waals surface area contributed by atoms with Crippen LogP contribution in [0.15, 0.2) is 24.3 Å². The van der Waals surface area contributed by atoms with Crippen LogP contribution in [-0.2, 0) is 6.54 Å². The summed E-state index contributed by atoms with van der Waals surface area (Å²) in [6.07, 6.45) is 1.26. The lowest BCUT2D eigenvalue weighted by atomic mass is 10.1. The molecule has 0 amide bonds. The van der Waals surface area contributed by atoms with E-state index in [1.807, 2.05) is 0 Å². The summed E-state index contributed by atoms with van der Waals surface area (Å²) >= 11 is 0. The van der Waals surface area contributed by atoms with Crippen molar-refractivity contribution in [2.45, 2.75) is 25.9 Å². The first-order chi connectivity index (χ1) is 6.84. The Morgan fingerprint density at radius 3 is 2.79 bits per heavy atom. The molecule has 0 bridgehead atoms. The largest absolute Gasteiger partial charge is 0.315 e. The molecule has 0 spiro atoms. The number of hydrogen-bond acceptors (Lipinski definition) is 2. The molecule has 2 heteroatoms. The maximum atomic E-state index is 3.55. The Bertz CT molecular complexity index is 273. The molecule has 14 heavy (non-hydrogen) atoms. The minimum absolute atomic E-state index is 0.663. The molecular formula is C12H18N2. The molecular weight excluding hydrogens is 172 g/mol. The van der Waals surface area contributed by atoms with E-state index in [1.165, 1.54) is 17.5 Å². The highest BCUT2D eigenvalue weighted by Crippen LogP contribution is 2.04. The average molecular weight is 190 g/mol. The Balaban J connectivity index is 1.82. The van der Waals surface area contributed by atoms with Gasteiger partial charge in [0.25, 0.3) is 0 Å². The van der Waals surface area contributed by atoms with Gasteiger partial charge < -0.3 is 10.6 Å². The van der Waals surface area contributed by atoms with E-state index in [-0.39, 0.29) is 0 Å². The molecule has 1 heterocycles. The summed E-state index contributed by atoms with van der Waals surface area (Å²) in [5.41, 5.74) is 2.71. The van der Waals surface area contributed by atoms with Crippen molar-refractivity contribution in [1.29, 1.82) is 0 Å². The lowest BCUT2D eigenvalue weighted by Crippen LogP contribution is -2.30. The zero-order valence-corrected chi connectivity index (χ0v) is 8.72. The maximum absolute atomic E-state index is 3.55. The van der Waals surface area contributed by atoms with E-state index in [9.17, 15) is 0 Å². The van der Waals surface area contributed by atoms with Crippen LogP contribution in [0.3, 0.4) is 0 Å². The molecule has 0 saturated carbocycles. The third-order valence-electron chi connectivity index (χ3n) is 2.78. The van der Waals surface area contributed by atoms with E-state index >= 15 is 0 Å². The second-order valence-corrected chi connectivity index (χ2v) is 4.06. The van der Waals surface area contributed by atoms with Gasteiger partial charge in [-0.3, -0.25) is 0 Å². The van der Waals surface area contributed by atoms with Crippen LogP contribution in [0, 0.1) is 6.92 Å². The number of benzene rings is 1. The standard InChI is InChI=1S/C12H18N2/c1-10-2-4-11(5-3-10)8-14-12-6-7-13-9-12/h2-5,12-14H,6-9H2,1H3/t12-/m1/s1. The van der Waals surface area contributed by atoms with E-state index in [4.69, 9.17) is 0 Å². The Hall–Kier alpha value is -0.860. The van der Waals surface area contributed by atoms with Crippen LogP contribution >= 0.6 is 0 Å². The second kappa shape index (κ2) is 4.58. The molecule has 1 aliphatic heterocycles. The summed E-state index contributed by atoms with van der Waals surface area (Å²) in [4.78, 5) is 0. The molecule has 1 saturated heterocycles. The van der Waals surface area contributed by atoms with Gasteiger partial charge >= 0.3 is 0 Å². The quantitative estimate of drug-likeness (QED) is 0.754. The molecule has 1 aliphatic rings. The van der Waals surface area contributed by atoms with Gasteiger partial charge in [0.1, 0.15) is 0 Å². The minimum atomic E-state index is 0.663. The Kier molecular flexibility index (Phi) is 3.17. The highest BCUT2D eigenvalue weighted by molar-refractivity contribution is 5.21. The van der Waals surface area contributed by atoms with Crippen LogP contribution in [0.4, 0.5) is 0 Å². The molecule has 1 aromatic rings. The molecule has 2 rings (SSSR count). The van der Waals surface area contributed by atoms with Crippen LogP contribution in [0.2, 0.25) is 0 Å².